The van der Waals surface area contributed by atoms with Gasteiger partial charge in [-0.05, 0) is 25.0 Å². The molecule has 3 unspecified atom stereocenters. The lowest BCUT2D eigenvalue weighted by atomic mass is 9.70. The minimum atomic E-state index is -0.739. The number of ether oxygens (including phenoxy) is 1. The third-order valence-electron chi connectivity index (χ3n) is 8.23. The van der Waals surface area contributed by atoms with Crippen LogP contribution in [0.3, 0.4) is 0 Å². The van der Waals surface area contributed by atoms with Crippen LogP contribution in [0.15, 0.2) is 30.3 Å². The maximum Gasteiger partial charge on any atom is 0.244 e. The molecule has 4 fully saturated rings. The maximum absolute atomic E-state index is 14.0. The second-order valence-electron chi connectivity index (χ2n) is 10.3. The van der Waals surface area contributed by atoms with Gasteiger partial charge < -0.3 is 25.4 Å². The lowest BCUT2D eigenvalue weighted by Gasteiger charge is -2.37. The number of hydrogen-bond acceptors (Lipinski definition) is 7. The summed E-state index contributed by atoms with van der Waals surface area (Å²) >= 11 is 5.39. The van der Waals surface area contributed by atoms with Crippen LogP contribution in [0.5, 0.6) is 0 Å². The van der Waals surface area contributed by atoms with Crippen molar-refractivity contribution in [2.75, 3.05) is 51.3 Å². The first-order chi connectivity index (χ1) is 17.9. The standard InChI is InChI=1S/C26H35BrN4O5S/c1-2-17(15-32)31-22(24(34)28-8-9-30-10-12-36-13-11-30)26-14-18(27)21(37-26)19(20(26)25(31)35)23(33)29-16-6-4-3-5-7-16/h3-7,17-22,32H,2,8-15H2,1H3,(H,28,34)(H,29,33)/t17-,18?,19+,20-,21+,22?,26?/m0/s1. The van der Waals surface area contributed by atoms with Crippen molar-refractivity contribution < 1.29 is 24.2 Å². The SMILES string of the molecule is CC[C@@H](CO)N1C(=O)[C@@H]2[C@@H](C(=O)Nc3ccccc3)[C@@H]3SC2(CC3Br)C1C(=O)NCCN1CCOCC1. The Kier molecular flexibility index (Phi) is 8.16. The molecule has 4 aliphatic rings. The molecule has 202 valence electrons. The van der Waals surface area contributed by atoms with Crippen LogP contribution >= 0.6 is 27.7 Å². The average Bonchev–Trinajstić information content (AvgIpc) is 3.50. The molecule has 0 saturated carbocycles. The highest BCUT2D eigenvalue weighted by molar-refractivity contribution is 9.09. The molecular weight excluding hydrogens is 560 g/mol. The number of nitrogens with one attached hydrogen (secondary N) is 2. The van der Waals surface area contributed by atoms with Gasteiger partial charge in [0.2, 0.25) is 17.7 Å². The first-order valence-electron chi connectivity index (χ1n) is 13.1. The Hall–Kier alpha value is -1.66. The number of rotatable bonds is 9. The van der Waals surface area contributed by atoms with Crippen LogP contribution in [0.4, 0.5) is 5.69 Å². The fraction of sp³-hybridized carbons (Fsp3) is 0.654. The third-order valence-corrected chi connectivity index (χ3v) is 11.4. The third kappa shape index (κ3) is 4.82. The summed E-state index contributed by atoms with van der Waals surface area (Å²) in [5.41, 5.74) is 0.682. The number of amides is 3. The van der Waals surface area contributed by atoms with E-state index in [4.69, 9.17) is 4.74 Å². The smallest absolute Gasteiger partial charge is 0.244 e. The van der Waals surface area contributed by atoms with Crippen molar-refractivity contribution in [2.24, 2.45) is 11.8 Å². The Balaban J connectivity index is 1.41. The van der Waals surface area contributed by atoms with Crippen molar-refractivity contribution in [1.82, 2.24) is 15.1 Å². The number of aliphatic hydroxyl groups is 1. The molecule has 9 nitrogen and oxygen atoms in total. The largest absolute Gasteiger partial charge is 0.394 e. The molecule has 0 aliphatic carbocycles. The van der Waals surface area contributed by atoms with Gasteiger partial charge in [-0.2, -0.15) is 0 Å². The van der Waals surface area contributed by atoms with E-state index in [1.54, 1.807) is 16.7 Å². The van der Waals surface area contributed by atoms with Crippen molar-refractivity contribution in [1.29, 1.82) is 0 Å². The molecule has 11 heteroatoms. The molecule has 3 N–H and O–H groups in total. The van der Waals surface area contributed by atoms with Gasteiger partial charge >= 0.3 is 0 Å². The number of carbonyl (C=O) groups is 3. The number of benzene rings is 1. The zero-order valence-corrected chi connectivity index (χ0v) is 23.4. The molecular formula is C26H35BrN4O5S. The topological polar surface area (TPSA) is 111 Å². The van der Waals surface area contributed by atoms with Gasteiger partial charge in [0, 0.05) is 41.9 Å². The van der Waals surface area contributed by atoms with Crippen molar-refractivity contribution in [3.8, 4) is 0 Å². The first kappa shape index (κ1) is 26.9. The van der Waals surface area contributed by atoms with Gasteiger partial charge in [0.1, 0.15) is 6.04 Å². The highest BCUT2D eigenvalue weighted by atomic mass is 79.9. The zero-order chi connectivity index (χ0) is 26.2. The van der Waals surface area contributed by atoms with Crippen molar-refractivity contribution >= 4 is 51.1 Å². The molecule has 4 aliphatic heterocycles. The summed E-state index contributed by atoms with van der Waals surface area (Å²) in [7, 11) is 0. The lowest BCUT2D eigenvalue weighted by Crippen LogP contribution is -2.57. The zero-order valence-electron chi connectivity index (χ0n) is 21.0. The van der Waals surface area contributed by atoms with Gasteiger partial charge in [-0.15, -0.1) is 11.8 Å². The Bertz CT molecular complexity index is 1010. The van der Waals surface area contributed by atoms with Gasteiger partial charge in [0.25, 0.3) is 0 Å². The molecule has 3 amide bonds. The van der Waals surface area contributed by atoms with E-state index in [1.165, 1.54) is 0 Å². The molecule has 4 saturated heterocycles. The van der Waals surface area contributed by atoms with E-state index in [2.05, 4.69) is 31.5 Å². The number of likely N-dealkylation sites (tertiary alicyclic amines) is 1. The number of para-hydroxylation sites is 1. The fourth-order valence-electron chi connectivity index (χ4n) is 6.48. The Labute approximate surface area is 230 Å². The van der Waals surface area contributed by atoms with E-state index in [0.717, 1.165) is 13.1 Å². The molecule has 2 bridgehead atoms. The molecule has 0 radical (unpaired) electrons. The van der Waals surface area contributed by atoms with Crippen molar-refractivity contribution in [2.45, 2.75) is 46.7 Å². The molecule has 7 atom stereocenters. The Morgan fingerprint density at radius 1 is 1.24 bits per heavy atom. The summed E-state index contributed by atoms with van der Waals surface area (Å²) in [6, 6.07) is 8.02. The van der Waals surface area contributed by atoms with E-state index < -0.39 is 28.7 Å². The number of carbonyl (C=O) groups excluding carboxylic acids is 3. The first-order valence-corrected chi connectivity index (χ1v) is 14.9. The van der Waals surface area contributed by atoms with E-state index in [-0.39, 0.29) is 34.4 Å². The Morgan fingerprint density at radius 2 is 1.97 bits per heavy atom. The van der Waals surface area contributed by atoms with Crippen molar-refractivity contribution in [3.63, 3.8) is 0 Å². The number of alkyl halides is 1. The Morgan fingerprint density at radius 3 is 2.65 bits per heavy atom. The molecule has 37 heavy (non-hydrogen) atoms. The maximum atomic E-state index is 14.0. The number of hydrogen-bond donors (Lipinski definition) is 3. The summed E-state index contributed by atoms with van der Waals surface area (Å²) in [6.07, 6.45) is 1.14. The quantitative estimate of drug-likeness (QED) is 0.370. The molecule has 5 rings (SSSR count). The fourth-order valence-corrected chi connectivity index (χ4v) is 10.1. The van der Waals surface area contributed by atoms with E-state index in [0.29, 0.717) is 44.8 Å². The highest BCUT2D eigenvalue weighted by Gasteiger charge is 2.76. The van der Waals surface area contributed by atoms with Gasteiger partial charge in [-0.1, -0.05) is 41.1 Å². The number of nitrogens with zero attached hydrogens (tertiary/aromatic N) is 2. The number of aliphatic hydroxyl groups excluding tert-OH is 1. The minimum absolute atomic E-state index is 0.00544. The molecule has 4 heterocycles. The monoisotopic (exact) mass is 594 g/mol. The lowest BCUT2D eigenvalue weighted by molar-refractivity contribution is -0.142. The number of fused-ring (bicyclic) bond motifs is 1. The summed E-state index contributed by atoms with van der Waals surface area (Å²) < 4.78 is 4.68. The van der Waals surface area contributed by atoms with Crippen LogP contribution < -0.4 is 10.6 Å². The minimum Gasteiger partial charge on any atom is -0.394 e. The molecule has 0 aromatic heterocycles. The van der Waals surface area contributed by atoms with Crippen LogP contribution in [0.2, 0.25) is 0 Å². The summed E-state index contributed by atoms with van der Waals surface area (Å²) in [4.78, 5) is 45.3. The van der Waals surface area contributed by atoms with Crippen LogP contribution in [0.1, 0.15) is 19.8 Å². The van der Waals surface area contributed by atoms with E-state index >= 15 is 0 Å². The number of anilines is 1. The predicted molar refractivity (Wildman–Crippen MR) is 146 cm³/mol. The van der Waals surface area contributed by atoms with E-state index in [9.17, 15) is 19.5 Å². The van der Waals surface area contributed by atoms with Gasteiger partial charge in [0.05, 0.1) is 42.4 Å². The van der Waals surface area contributed by atoms with Crippen LogP contribution in [-0.4, -0.2) is 106 Å². The number of morpholine rings is 1. The van der Waals surface area contributed by atoms with Gasteiger partial charge in [-0.25, -0.2) is 0 Å². The van der Waals surface area contributed by atoms with Crippen molar-refractivity contribution in [3.05, 3.63) is 30.3 Å². The summed E-state index contributed by atoms with van der Waals surface area (Å²) in [5.74, 6) is -1.78. The second-order valence-corrected chi connectivity index (χ2v) is 13.0. The van der Waals surface area contributed by atoms with Gasteiger partial charge in [0.15, 0.2) is 0 Å². The van der Waals surface area contributed by atoms with Crippen LogP contribution in [-0.2, 0) is 19.1 Å². The number of thioether (sulfide) groups is 1. The molecule has 1 spiro atoms. The predicted octanol–water partition coefficient (Wildman–Crippen LogP) is 1.31. The van der Waals surface area contributed by atoms with Crippen LogP contribution in [0.25, 0.3) is 0 Å². The highest BCUT2D eigenvalue weighted by Crippen LogP contribution is 2.68. The normalized spacial score (nSPS) is 33.9. The van der Waals surface area contributed by atoms with Crippen LogP contribution in [0, 0.1) is 11.8 Å². The number of halogens is 1. The summed E-state index contributed by atoms with van der Waals surface area (Å²) in [6.45, 7) is 5.91. The van der Waals surface area contributed by atoms with Gasteiger partial charge in [-0.3, -0.25) is 19.3 Å². The van der Waals surface area contributed by atoms with E-state index in [1.807, 2.05) is 37.3 Å². The second kappa shape index (κ2) is 11.2. The molecule has 1 aromatic carbocycles. The molecule has 1 aromatic rings. The average molecular weight is 596 g/mol. The summed E-state index contributed by atoms with van der Waals surface area (Å²) in [5, 5.41) is 16.1.